The summed E-state index contributed by atoms with van der Waals surface area (Å²) >= 11 is 0. The summed E-state index contributed by atoms with van der Waals surface area (Å²) in [5.41, 5.74) is 0.210. The van der Waals surface area contributed by atoms with Crippen LogP contribution in [-0.2, 0) is 12.6 Å². The molecule has 1 nitrogen and oxygen atoms in total. The summed E-state index contributed by atoms with van der Waals surface area (Å²) in [6, 6.07) is 3.39. The highest BCUT2D eigenvalue weighted by molar-refractivity contribution is 6.02. The van der Waals surface area contributed by atoms with Gasteiger partial charge in [0.05, 0.1) is 5.56 Å². The monoisotopic (exact) mass is 214 g/mol. The second kappa shape index (κ2) is 3.08. The topological polar surface area (TPSA) is 17.1 Å². The van der Waals surface area contributed by atoms with E-state index >= 15 is 0 Å². The summed E-state index contributed by atoms with van der Waals surface area (Å²) in [5.74, 6) is -0.375. The van der Waals surface area contributed by atoms with Crippen LogP contribution in [0.2, 0.25) is 0 Å². The van der Waals surface area contributed by atoms with Crippen LogP contribution in [0, 0.1) is 5.92 Å². The summed E-state index contributed by atoms with van der Waals surface area (Å²) in [5, 5.41) is 0. The van der Waals surface area contributed by atoms with Crippen molar-refractivity contribution in [3.8, 4) is 0 Å². The zero-order valence-electron chi connectivity index (χ0n) is 8.06. The molecule has 1 aromatic rings. The molecule has 1 aliphatic carbocycles. The first-order chi connectivity index (χ1) is 6.89. The number of hydrogen-bond donors (Lipinski definition) is 0. The Kier molecular flexibility index (Phi) is 2.10. The van der Waals surface area contributed by atoms with Crippen molar-refractivity contribution >= 4 is 5.78 Å². The average Bonchev–Trinajstić information content (AvgIpc) is 2.41. The minimum absolute atomic E-state index is 0.184. The molecule has 0 N–H and O–H groups in total. The van der Waals surface area contributed by atoms with Crippen LogP contribution < -0.4 is 0 Å². The van der Waals surface area contributed by atoms with Gasteiger partial charge in [-0.05, 0) is 24.1 Å². The van der Waals surface area contributed by atoms with E-state index in [1.165, 1.54) is 6.07 Å². The number of halogens is 3. The van der Waals surface area contributed by atoms with Gasteiger partial charge in [0.25, 0.3) is 0 Å². The Hall–Kier alpha value is -1.32. The van der Waals surface area contributed by atoms with Crippen LogP contribution in [0.4, 0.5) is 13.2 Å². The van der Waals surface area contributed by atoms with Crippen molar-refractivity contribution in [1.29, 1.82) is 0 Å². The largest absolute Gasteiger partial charge is 0.416 e. The molecule has 4 heteroatoms. The fourth-order valence-corrected chi connectivity index (χ4v) is 1.85. The third kappa shape index (κ3) is 1.64. The van der Waals surface area contributed by atoms with E-state index in [-0.39, 0.29) is 17.3 Å². The van der Waals surface area contributed by atoms with Crippen molar-refractivity contribution in [2.75, 3.05) is 0 Å². The smallest absolute Gasteiger partial charge is 0.294 e. The van der Waals surface area contributed by atoms with Crippen LogP contribution in [0.1, 0.15) is 28.4 Å². The molecule has 0 bridgehead atoms. The number of carbonyl (C=O) groups is 1. The van der Waals surface area contributed by atoms with Gasteiger partial charge in [0.15, 0.2) is 5.78 Å². The van der Waals surface area contributed by atoms with Crippen molar-refractivity contribution in [1.82, 2.24) is 0 Å². The van der Waals surface area contributed by atoms with Crippen LogP contribution in [0.15, 0.2) is 18.2 Å². The Labute approximate surface area is 84.9 Å². The van der Waals surface area contributed by atoms with Gasteiger partial charge in [-0.1, -0.05) is 13.0 Å². The van der Waals surface area contributed by atoms with Gasteiger partial charge < -0.3 is 0 Å². The van der Waals surface area contributed by atoms with Crippen LogP contribution >= 0.6 is 0 Å². The van der Waals surface area contributed by atoms with Crippen molar-refractivity contribution in [2.24, 2.45) is 5.92 Å². The van der Waals surface area contributed by atoms with Gasteiger partial charge >= 0.3 is 6.18 Å². The van der Waals surface area contributed by atoms with Crippen molar-refractivity contribution < 1.29 is 18.0 Å². The van der Waals surface area contributed by atoms with Crippen molar-refractivity contribution in [3.63, 3.8) is 0 Å². The normalized spacial score (nSPS) is 20.5. The van der Waals surface area contributed by atoms with Crippen LogP contribution in [0.5, 0.6) is 0 Å². The maximum Gasteiger partial charge on any atom is 0.416 e. The number of rotatable bonds is 0. The Balaban J connectivity index is 2.49. The Morgan fingerprint density at radius 1 is 1.33 bits per heavy atom. The maximum atomic E-state index is 12.4. The summed E-state index contributed by atoms with van der Waals surface area (Å²) in [6.45, 7) is 1.73. The average molecular weight is 214 g/mol. The minimum Gasteiger partial charge on any atom is -0.294 e. The van der Waals surface area contributed by atoms with Gasteiger partial charge in [-0.25, -0.2) is 0 Å². The molecule has 0 aliphatic heterocycles. The second-order valence-corrected chi connectivity index (χ2v) is 3.84. The first-order valence-corrected chi connectivity index (χ1v) is 4.64. The number of Topliss-reactive ketones (excluding diaryl/α,β-unsaturated/α-hetero) is 1. The lowest BCUT2D eigenvalue weighted by Crippen LogP contribution is -2.07. The highest BCUT2D eigenvalue weighted by Gasteiger charge is 2.34. The molecule has 0 amide bonds. The summed E-state index contributed by atoms with van der Waals surface area (Å²) < 4.78 is 37.1. The number of ketones is 1. The number of alkyl halides is 3. The highest BCUT2D eigenvalue weighted by Crippen LogP contribution is 2.34. The molecular formula is C11H9F3O. The van der Waals surface area contributed by atoms with E-state index in [1.54, 1.807) is 6.92 Å². The van der Waals surface area contributed by atoms with E-state index in [4.69, 9.17) is 0 Å². The van der Waals surface area contributed by atoms with Gasteiger partial charge in [-0.2, -0.15) is 13.2 Å². The lowest BCUT2D eigenvalue weighted by Gasteiger charge is -2.07. The number of carbonyl (C=O) groups excluding carboxylic acids is 1. The molecule has 0 fully saturated rings. The van der Waals surface area contributed by atoms with Gasteiger partial charge in [0, 0.05) is 11.5 Å². The van der Waals surface area contributed by atoms with Crippen LogP contribution in [-0.4, -0.2) is 5.78 Å². The predicted octanol–water partition coefficient (Wildman–Crippen LogP) is 3.08. The molecule has 0 heterocycles. The van der Waals surface area contributed by atoms with Crippen molar-refractivity contribution in [3.05, 3.63) is 34.9 Å². The first-order valence-electron chi connectivity index (χ1n) is 4.64. The third-order valence-corrected chi connectivity index (χ3v) is 2.68. The molecule has 1 atom stereocenters. The molecule has 80 valence electrons. The summed E-state index contributed by atoms with van der Waals surface area (Å²) in [6.07, 6.45) is -3.83. The second-order valence-electron chi connectivity index (χ2n) is 3.84. The molecular weight excluding hydrogens is 205 g/mol. The molecule has 1 aromatic carbocycles. The lowest BCUT2D eigenvalue weighted by atomic mass is 10.1. The van der Waals surface area contributed by atoms with E-state index in [0.29, 0.717) is 6.42 Å². The third-order valence-electron chi connectivity index (χ3n) is 2.68. The zero-order valence-corrected chi connectivity index (χ0v) is 8.06. The van der Waals surface area contributed by atoms with Crippen LogP contribution in [0.25, 0.3) is 0 Å². The highest BCUT2D eigenvalue weighted by atomic mass is 19.4. The fourth-order valence-electron chi connectivity index (χ4n) is 1.85. The van der Waals surface area contributed by atoms with E-state index in [2.05, 4.69) is 0 Å². The van der Waals surface area contributed by atoms with Gasteiger partial charge in [0.1, 0.15) is 0 Å². The SMILES string of the molecule is CC1Cc2ccc(C(F)(F)F)cc2C1=O. The van der Waals surface area contributed by atoms with Crippen LogP contribution in [0.3, 0.4) is 0 Å². The quantitative estimate of drug-likeness (QED) is 0.648. The van der Waals surface area contributed by atoms with E-state index < -0.39 is 11.7 Å². The molecule has 0 saturated carbocycles. The lowest BCUT2D eigenvalue weighted by molar-refractivity contribution is -0.137. The number of benzene rings is 1. The molecule has 0 saturated heterocycles. The van der Waals surface area contributed by atoms with Gasteiger partial charge in [-0.3, -0.25) is 4.79 Å². The molecule has 1 unspecified atom stereocenters. The standard InChI is InChI=1S/C11H9F3O/c1-6-4-7-2-3-8(11(12,13)14)5-9(7)10(6)15/h2-3,5-6H,4H2,1H3. The van der Waals surface area contributed by atoms with Crippen molar-refractivity contribution in [2.45, 2.75) is 19.5 Å². The minimum atomic E-state index is -4.37. The molecule has 15 heavy (non-hydrogen) atoms. The van der Waals surface area contributed by atoms with Gasteiger partial charge in [0.2, 0.25) is 0 Å². The number of fused-ring (bicyclic) bond motifs is 1. The van der Waals surface area contributed by atoms with E-state index in [9.17, 15) is 18.0 Å². The molecule has 0 spiro atoms. The maximum absolute atomic E-state index is 12.4. The predicted molar refractivity (Wildman–Crippen MR) is 48.6 cm³/mol. The van der Waals surface area contributed by atoms with E-state index in [1.807, 2.05) is 0 Å². The molecule has 0 aromatic heterocycles. The fraction of sp³-hybridized carbons (Fsp3) is 0.364. The van der Waals surface area contributed by atoms with E-state index in [0.717, 1.165) is 17.7 Å². The molecule has 1 aliphatic rings. The summed E-state index contributed by atoms with van der Waals surface area (Å²) in [7, 11) is 0. The molecule has 0 radical (unpaired) electrons. The first kappa shape index (κ1) is 10.2. The zero-order chi connectivity index (χ0) is 11.2. The van der Waals surface area contributed by atoms with Gasteiger partial charge in [-0.15, -0.1) is 0 Å². The number of hydrogen-bond acceptors (Lipinski definition) is 1. The Bertz CT molecular complexity index is 420. The molecule has 2 rings (SSSR count). The summed E-state index contributed by atoms with van der Waals surface area (Å²) in [4.78, 5) is 11.5. The Morgan fingerprint density at radius 2 is 2.00 bits per heavy atom. The Morgan fingerprint density at radius 3 is 2.60 bits per heavy atom.